The van der Waals surface area contributed by atoms with Crippen LogP contribution in [0, 0.1) is 0 Å². The zero-order chi connectivity index (χ0) is 18.2. The second-order valence-corrected chi connectivity index (χ2v) is 7.90. The molecule has 0 N–H and O–H groups in total. The van der Waals surface area contributed by atoms with Crippen LogP contribution >= 0.6 is 0 Å². The molecule has 5 rings (SSSR count). The Bertz CT molecular complexity index is 774. The number of methoxy groups -OCH3 is 1. The summed E-state index contributed by atoms with van der Waals surface area (Å²) in [6.07, 6.45) is 9.75. The van der Waals surface area contributed by atoms with E-state index in [0.717, 1.165) is 62.8 Å². The first-order valence-corrected chi connectivity index (χ1v) is 10.1. The van der Waals surface area contributed by atoms with Crippen LogP contribution in [0.15, 0.2) is 16.8 Å². The SMILES string of the molecule is COc1cc(N(C2CC2)C2CCN(Cc3nc4c(o3)CCC4)CC2)ncn1. The fourth-order valence-corrected chi connectivity index (χ4v) is 4.47. The average Bonchev–Trinajstić information content (AvgIpc) is 3.31. The lowest BCUT2D eigenvalue weighted by atomic mass is 10.0. The molecule has 0 atom stereocenters. The van der Waals surface area contributed by atoms with Gasteiger partial charge in [-0.15, -0.1) is 0 Å². The Hall–Kier alpha value is -2.15. The number of aryl methyl sites for hydroxylation is 2. The van der Waals surface area contributed by atoms with Crippen LogP contribution in [0.5, 0.6) is 5.88 Å². The van der Waals surface area contributed by atoms with Gasteiger partial charge in [-0.1, -0.05) is 0 Å². The average molecular weight is 369 g/mol. The van der Waals surface area contributed by atoms with Gasteiger partial charge in [-0.3, -0.25) is 4.90 Å². The van der Waals surface area contributed by atoms with Crippen LogP contribution in [-0.4, -0.2) is 52.1 Å². The quantitative estimate of drug-likeness (QED) is 0.775. The lowest BCUT2D eigenvalue weighted by molar-refractivity contribution is 0.183. The molecule has 7 nitrogen and oxygen atoms in total. The van der Waals surface area contributed by atoms with E-state index in [1.807, 2.05) is 6.07 Å². The third kappa shape index (κ3) is 3.52. The summed E-state index contributed by atoms with van der Waals surface area (Å²) >= 11 is 0. The van der Waals surface area contributed by atoms with Crippen LogP contribution in [0.4, 0.5) is 5.82 Å². The summed E-state index contributed by atoms with van der Waals surface area (Å²) in [6.45, 7) is 2.98. The number of likely N-dealkylation sites (tertiary alicyclic amines) is 1. The van der Waals surface area contributed by atoms with E-state index in [1.54, 1.807) is 13.4 Å². The van der Waals surface area contributed by atoms with E-state index in [-0.39, 0.29) is 0 Å². The van der Waals surface area contributed by atoms with Crippen LogP contribution in [0.2, 0.25) is 0 Å². The van der Waals surface area contributed by atoms with Crippen molar-refractivity contribution in [3.05, 3.63) is 29.7 Å². The minimum Gasteiger partial charge on any atom is -0.481 e. The highest BCUT2D eigenvalue weighted by Crippen LogP contribution is 2.36. The molecule has 0 spiro atoms. The number of fused-ring (bicyclic) bond motifs is 1. The van der Waals surface area contributed by atoms with Crippen molar-refractivity contribution >= 4 is 5.82 Å². The van der Waals surface area contributed by atoms with E-state index in [1.165, 1.54) is 25.0 Å². The molecule has 7 heteroatoms. The van der Waals surface area contributed by atoms with E-state index in [4.69, 9.17) is 14.1 Å². The lowest BCUT2D eigenvalue weighted by Gasteiger charge is -2.39. The van der Waals surface area contributed by atoms with E-state index >= 15 is 0 Å². The molecule has 3 aliphatic rings. The molecule has 2 aliphatic carbocycles. The predicted molar refractivity (Wildman–Crippen MR) is 101 cm³/mol. The molecule has 3 heterocycles. The Morgan fingerprint density at radius 3 is 2.70 bits per heavy atom. The van der Waals surface area contributed by atoms with Crippen LogP contribution in [0.1, 0.15) is 49.4 Å². The van der Waals surface area contributed by atoms with Crippen LogP contribution < -0.4 is 9.64 Å². The number of aromatic nitrogens is 3. The summed E-state index contributed by atoms with van der Waals surface area (Å²) in [5, 5.41) is 0. The molecule has 0 bridgehead atoms. The van der Waals surface area contributed by atoms with Crippen molar-refractivity contribution in [1.82, 2.24) is 19.9 Å². The number of hydrogen-bond donors (Lipinski definition) is 0. The van der Waals surface area contributed by atoms with Crippen LogP contribution in [0.3, 0.4) is 0 Å². The third-order valence-corrected chi connectivity index (χ3v) is 5.99. The smallest absolute Gasteiger partial charge is 0.218 e. The summed E-state index contributed by atoms with van der Waals surface area (Å²) in [7, 11) is 1.66. The molecule has 0 unspecified atom stereocenters. The molecule has 0 amide bonds. The highest BCUT2D eigenvalue weighted by molar-refractivity contribution is 5.45. The minimum atomic E-state index is 0.530. The molecular weight excluding hydrogens is 342 g/mol. The molecule has 1 aliphatic heterocycles. The van der Waals surface area contributed by atoms with Gasteiger partial charge in [-0.2, -0.15) is 0 Å². The fourth-order valence-electron chi connectivity index (χ4n) is 4.47. The number of anilines is 1. The predicted octanol–water partition coefficient (Wildman–Crippen LogP) is 2.60. The maximum Gasteiger partial charge on any atom is 0.218 e. The van der Waals surface area contributed by atoms with Crippen LogP contribution in [0.25, 0.3) is 0 Å². The summed E-state index contributed by atoms with van der Waals surface area (Å²) in [4.78, 5) is 18.4. The summed E-state index contributed by atoms with van der Waals surface area (Å²) < 4.78 is 11.3. The number of rotatable bonds is 6. The van der Waals surface area contributed by atoms with E-state index in [0.29, 0.717) is 18.0 Å². The van der Waals surface area contributed by atoms with E-state index < -0.39 is 0 Å². The number of ether oxygens (including phenoxy) is 1. The molecule has 27 heavy (non-hydrogen) atoms. The number of oxazole rings is 1. The largest absolute Gasteiger partial charge is 0.481 e. The minimum absolute atomic E-state index is 0.530. The highest BCUT2D eigenvalue weighted by atomic mass is 16.5. The zero-order valence-corrected chi connectivity index (χ0v) is 15.9. The zero-order valence-electron chi connectivity index (χ0n) is 15.9. The third-order valence-electron chi connectivity index (χ3n) is 5.99. The molecule has 2 aromatic rings. The normalized spacial score (nSPS) is 20.6. The van der Waals surface area contributed by atoms with Crippen molar-refractivity contribution in [2.24, 2.45) is 0 Å². The highest BCUT2D eigenvalue weighted by Gasteiger charge is 2.37. The maximum atomic E-state index is 5.95. The van der Waals surface area contributed by atoms with Gasteiger partial charge in [0.15, 0.2) is 0 Å². The molecule has 1 saturated heterocycles. The van der Waals surface area contributed by atoms with Crippen molar-refractivity contribution in [2.75, 3.05) is 25.1 Å². The van der Waals surface area contributed by atoms with Crippen molar-refractivity contribution < 1.29 is 9.15 Å². The Morgan fingerprint density at radius 1 is 1.15 bits per heavy atom. The van der Waals surface area contributed by atoms with E-state index in [9.17, 15) is 0 Å². The van der Waals surface area contributed by atoms with E-state index in [2.05, 4.69) is 19.8 Å². The summed E-state index contributed by atoms with van der Waals surface area (Å²) in [5.74, 6) is 3.67. The Labute approximate surface area is 159 Å². The number of hydrogen-bond acceptors (Lipinski definition) is 7. The van der Waals surface area contributed by atoms with Gasteiger partial charge in [0.25, 0.3) is 0 Å². The maximum absolute atomic E-state index is 5.95. The fraction of sp³-hybridized carbons (Fsp3) is 0.650. The van der Waals surface area contributed by atoms with Crippen LogP contribution in [-0.2, 0) is 19.4 Å². The topological polar surface area (TPSA) is 67.5 Å². The first-order valence-electron chi connectivity index (χ1n) is 10.1. The first kappa shape index (κ1) is 17.0. The molecular formula is C20H27N5O2. The molecule has 1 saturated carbocycles. The Kier molecular flexibility index (Phi) is 4.47. The number of piperidine rings is 1. The van der Waals surface area contributed by atoms with Gasteiger partial charge >= 0.3 is 0 Å². The standard InChI is InChI=1S/C20H27N5O2/c1-26-19-11-18(21-13-22-19)25(14-5-6-14)15-7-9-24(10-8-15)12-20-23-16-3-2-4-17(16)27-20/h11,13-15H,2-10,12H2,1H3. The van der Waals surface area contributed by atoms with Crippen molar-refractivity contribution in [2.45, 2.75) is 63.6 Å². The van der Waals surface area contributed by atoms with Gasteiger partial charge in [0.1, 0.15) is 17.9 Å². The summed E-state index contributed by atoms with van der Waals surface area (Å²) in [6, 6.07) is 3.12. The van der Waals surface area contributed by atoms with Crippen molar-refractivity contribution in [1.29, 1.82) is 0 Å². The summed E-state index contributed by atoms with van der Waals surface area (Å²) in [5.41, 5.74) is 1.19. The molecule has 2 fully saturated rings. The van der Waals surface area contributed by atoms with Gasteiger partial charge in [-0.05, 0) is 38.5 Å². The van der Waals surface area contributed by atoms with Gasteiger partial charge < -0.3 is 14.1 Å². The van der Waals surface area contributed by atoms with Crippen molar-refractivity contribution in [3.8, 4) is 5.88 Å². The molecule has 0 aromatic carbocycles. The lowest BCUT2D eigenvalue weighted by Crippen LogP contribution is -2.46. The van der Waals surface area contributed by atoms with Crippen molar-refractivity contribution in [3.63, 3.8) is 0 Å². The number of nitrogens with zero attached hydrogens (tertiary/aromatic N) is 5. The second-order valence-electron chi connectivity index (χ2n) is 7.90. The Morgan fingerprint density at radius 2 is 1.96 bits per heavy atom. The molecule has 0 radical (unpaired) electrons. The Balaban J connectivity index is 1.23. The monoisotopic (exact) mass is 369 g/mol. The van der Waals surface area contributed by atoms with Gasteiger partial charge in [0.05, 0.1) is 19.3 Å². The molecule has 2 aromatic heterocycles. The van der Waals surface area contributed by atoms with Gasteiger partial charge in [0, 0.05) is 37.7 Å². The van der Waals surface area contributed by atoms with Gasteiger partial charge in [0.2, 0.25) is 11.8 Å². The van der Waals surface area contributed by atoms with Gasteiger partial charge in [-0.25, -0.2) is 15.0 Å². The molecule has 144 valence electrons. The second kappa shape index (κ2) is 7.11. The first-order chi connectivity index (χ1) is 13.3.